The molecule has 5 nitrogen and oxygen atoms in total. The molecular formula is C19H19NO4. The van der Waals surface area contributed by atoms with Crippen LogP contribution in [-0.4, -0.2) is 38.4 Å². The maximum absolute atomic E-state index is 13.2. The van der Waals surface area contributed by atoms with Crippen molar-refractivity contribution in [2.75, 3.05) is 31.3 Å². The average molecular weight is 325 g/mol. The molecule has 2 aromatic rings. The number of para-hydroxylation sites is 1. The Morgan fingerprint density at radius 3 is 2.50 bits per heavy atom. The maximum Gasteiger partial charge on any atom is 0.258 e. The summed E-state index contributed by atoms with van der Waals surface area (Å²) in [4.78, 5) is 15.0. The first-order valence-electron chi connectivity index (χ1n) is 8.19. The number of hydrogen-bond donors (Lipinski definition) is 0. The van der Waals surface area contributed by atoms with Crippen molar-refractivity contribution in [1.29, 1.82) is 0 Å². The van der Waals surface area contributed by atoms with Gasteiger partial charge in [0.1, 0.15) is 13.2 Å². The molecule has 0 saturated carbocycles. The van der Waals surface area contributed by atoms with Gasteiger partial charge in [-0.2, -0.15) is 0 Å². The molecule has 0 N–H and O–H groups in total. The number of nitrogens with zero attached hydrogens (tertiary/aromatic N) is 1. The third kappa shape index (κ3) is 2.83. The van der Waals surface area contributed by atoms with E-state index in [0.29, 0.717) is 43.5 Å². The van der Waals surface area contributed by atoms with Gasteiger partial charge in [0.05, 0.1) is 12.6 Å². The van der Waals surface area contributed by atoms with E-state index in [0.717, 1.165) is 12.1 Å². The van der Waals surface area contributed by atoms with Gasteiger partial charge in [0.15, 0.2) is 11.5 Å². The zero-order valence-corrected chi connectivity index (χ0v) is 13.3. The van der Waals surface area contributed by atoms with Crippen molar-refractivity contribution in [3.8, 4) is 11.5 Å². The van der Waals surface area contributed by atoms with E-state index in [1.807, 2.05) is 35.2 Å². The number of hydrogen-bond acceptors (Lipinski definition) is 4. The molecule has 1 saturated heterocycles. The molecule has 0 radical (unpaired) electrons. The lowest BCUT2D eigenvalue weighted by molar-refractivity contribution is 0.0970. The lowest BCUT2D eigenvalue weighted by Gasteiger charge is -2.29. The van der Waals surface area contributed by atoms with Crippen molar-refractivity contribution >= 4 is 11.6 Å². The Labute approximate surface area is 140 Å². The number of rotatable bonds is 3. The van der Waals surface area contributed by atoms with Crippen molar-refractivity contribution in [3.05, 3.63) is 54.1 Å². The van der Waals surface area contributed by atoms with Gasteiger partial charge in [-0.3, -0.25) is 4.79 Å². The zero-order chi connectivity index (χ0) is 16.4. The lowest BCUT2D eigenvalue weighted by atomic mass is 10.1. The molecule has 0 bridgehead atoms. The highest BCUT2D eigenvalue weighted by Crippen LogP contribution is 2.32. The second-order valence-electron chi connectivity index (χ2n) is 5.89. The number of carbonyl (C=O) groups excluding carboxylic acids is 1. The first-order chi connectivity index (χ1) is 11.8. The third-order valence-electron chi connectivity index (χ3n) is 4.31. The molecule has 1 atom stereocenters. The van der Waals surface area contributed by atoms with Crippen LogP contribution in [0.5, 0.6) is 11.5 Å². The molecule has 4 rings (SSSR count). The van der Waals surface area contributed by atoms with E-state index in [2.05, 4.69) is 0 Å². The van der Waals surface area contributed by atoms with Gasteiger partial charge in [-0.25, -0.2) is 0 Å². The largest absolute Gasteiger partial charge is 0.486 e. The molecule has 1 amide bonds. The molecule has 2 heterocycles. The highest BCUT2D eigenvalue weighted by molar-refractivity contribution is 6.07. The number of amides is 1. The third-order valence-corrected chi connectivity index (χ3v) is 4.31. The highest BCUT2D eigenvalue weighted by atomic mass is 16.6. The van der Waals surface area contributed by atoms with Crippen molar-refractivity contribution in [3.63, 3.8) is 0 Å². The summed E-state index contributed by atoms with van der Waals surface area (Å²) in [6, 6.07) is 15.1. The van der Waals surface area contributed by atoms with Crippen molar-refractivity contribution in [2.45, 2.75) is 12.5 Å². The van der Waals surface area contributed by atoms with Crippen molar-refractivity contribution in [2.24, 2.45) is 0 Å². The van der Waals surface area contributed by atoms with Crippen LogP contribution in [-0.2, 0) is 4.74 Å². The van der Waals surface area contributed by atoms with Crippen molar-refractivity contribution in [1.82, 2.24) is 0 Å². The zero-order valence-electron chi connectivity index (χ0n) is 13.3. The molecule has 2 aromatic carbocycles. The SMILES string of the molecule is O=C(c1ccc2c(c1)OCCO2)N(c1ccccc1)[C@H]1CCOC1. The van der Waals surface area contributed by atoms with Crippen LogP contribution in [0.4, 0.5) is 5.69 Å². The van der Waals surface area contributed by atoms with E-state index in [4.69, 9.17) is 14.2 Å². The second-order valence-corrected chi connectivity index (χ2v) is 5.89. The van der Waals surface area contributed by atoms with E-state index in [-0.39, 0.29) is 11.9 Å². The normalized spacial score (nSPS) is 19.1. The summed E-state index contributed by atoms with van der Waals surface area (Å²) < 4.78 is 16.6. The van der Waals surface area contributed by atoms with Crippen LogP contribution >= 0.6 is 0 Å². The number of fused-ring (bicyclic) bond motifs is 1. The minimum absolute atomic E-state index is 0.0475. The van der Waals surface area contributed by atoms with Gasteiger partial charge in [0.25, 0.3) is 5.91 Å². The number of carbonyl (C=O) groups is 1. The van der Waals surface area contributed by atoms with Crippen LogP contribution in [0, 0.1) is 0 Å². The number of anilines is 1. The lowest BCUT2D eigenvalue weighted by Crippen LogP contribution is -2.41. The summed E-state index contributed by atoms with van der Waals surface area (Å²) >= 11 is 0. The second kappa shape index (κ2) is 6.53. The Morgan fingerprint density at radius 2 is 1.75 bits per heavy atom. The topological polar surface area (TPSA) is 48.0 Å². The van der Waals surface area contributed by atoms with Gasteiger partial charge in [0, 0.05) is 17.9 Å². The van der Waals surface area contributed by atoms with Gasteiger partial charge in [-0.05, 0) is 36.8 Å². The van der Waals surface area contributed by atoms with E-state index < -0.39 is 0 Å². The Hall–Kier alpha value is -2.53. The molecule has 0 aromatic heterocycles. The Balaban J connectivity index is 1.68. The molecule has 0 unspecified atom stereocenters. The van der Waals surface area contributed by atoms with Crippen LogP contribution in [0.2, 0.25) is 0 Å². The average Bonchev–Trinajstić information content (AvgIpc) is 3.16. The predicted octanol–water partition coefficient (Wildman–Crippen LogP) is 2.89. The highest BCUT2D eigenvalue weighted by Gasteiger charge is 2.30. The fourth-order valence-electron chi connectivity index (χ4n) is 3.12. The Kier molecular flexibility index (Phi) is 4.09. The quantitative estimate of drug-likeness (QED) is 0.871. The summed E-state index contributed by atoms with van der Waals surface area (Å²) in [5.41, 5.74) is 1.47. The molecule has 5 heteroatoms. The van der Waals surface area contributed by atoms with Crippen LogP contribution < -0.4 is 14.4 Å². The van der Waals surface area contributed by atoms with Crippen LogP contribution in [0.25, 0.3) is 0 Å². The van der Waals surface area contributed by atoms with Crippen molar-refractivity contribution < 1.29 is 19.0 Å². The van der Waals surface area contributed by atoms with Crippen LogP contribution in [0.1, 0.15) is 16.8 Å². The molecule has 1 fully saturated rings. The standard InChI is InChI=1S/C19H19NO4/c21-19(14-6-7-17-18(12-14)24-11-10-23-17)20(16-8-9-22-13-16)15-4-2-1-3-5-15/h1-7,12,16H,8-11,13H2/t16-/m0/s1. The van der Waals surface area contributed by atoms with E-state index in [9.17, 15) is 4.79 Å². The first-order valence-corrected chi connectivity index (χ1v) is 8.19. The molecule has 2 aliphatic heterocycles. The van der Waals surface area contributed by atoms with E-state index in [1.165, 1.54) is 0 Å². The molecule has 0 aliphatic carbocycles. The monoisotopic (exact) mass is 325 g/mol. The molecule has 124 valence electrons. The summed E-state index contributed by atoms with van der Waals surface area (Å²) in [6.07, 6.45) is 0.838. The van der Waals surface area contributed by atoms with Gasteiger partial charge in [-0.15, -0.1) is 0 Å². The summed E-state index contributed by atoms with van der Waals surface area (Å²) in [5, 5.41) is 0. The van der Waals surface area contributed by atoms with Crippen LogP contribution in [0.15, 0.2) is 48.5 Å². The molecule has 0 spiro atoms. The fraction of sp³-hybridized carbons (Fsp3) is 0.316. The summed E-state index contributed by atoms with van der Waals surface area (Å²) in [7, 11) is 0. The van der Waals surface area contributed by atoms with E-state index >= 15 is 0 Å². The molecule has 2 aliphatic rings. The summed E-state index contributed by atoms with van der Waals surface area (Å²) in [6.45, 7) is 2.28. The van der Waals surface area contributed by atoms with E-state index in [1.54, 1.807) is 18.2 Å². The minimum atomic E-state index is -0.0475. The molecular weight excluding hydrogens is 306 g/mol. The minimum Gasteiger partial charge on any atom is -0.486 e. The maximum atomic E-state index is 13.2. The van der Waals surface area contributed by atoms with Gasteiger partial charge >= 0.3 is 0 Å². The predicted molar refractivity (Wildman–Crippen MR) is 89.9 cm³/mol. The Bertz CT molecular complexity index is 725. The first kappa shape index (κ1) is 15.0. The number of benzene rings is 2. The fourth-order valence-corrected chi connectivity index (χ4v) is 3.12. The van der Waals surface area contributed by atoms with Crippen LogP contribution in [0.3, 0.4) is 0 Å². The molecule has 24 heavy (non-hydrogen) atoms. The smallest absolute Gasteiger partial charge is 0.258 e. The van der Waals surface area contributed by atoms with Gasteiger partial charge < -0.3 is 19.1 Å². The summed E-state index contributed by atoms with van der Waals surface area (Å²) in [5.74, 6) is 1.27. The van der Waals surface area contributed by atoms with Gasteiger partial charge in [-0.1, -0.05) is 18.2 Å². The number of ether oxygens (including phenoxy) is 3. The van der Waals surface area contributed by atoms with Gasteiger partial charge in [0.2, 0.25) is 0 Å². The Morgan fingerprint density at radius 1 is 0.958 bits per heavy atom.